The van der Waals surface area contributed by atoms with E-state index < -0.39 is 5.97 Å². The van der Waals surface area contributed by atoms with Crippen LogP contribution in [0.25, 0.3) is 17.2 Å². The number of esters is 1. The van der Waals surface area contributed by atoms with Crippen LogP contribution in [0.1, 0.15) is 12.5 Å². The van der Waals surface area contributed by atoms with Gasteiger partial charge in [0.1, 0.15) is 11.5 Å². The molecule has 3 heteroatoms. The Balaban J connectivity index is 1.65. The van der Waals surface area contributed by atoms with Crippen LogP contribution in [0.15, 0.2) is 84.9 Å². The monoisotopic (exact) mass is 344 g/mol. The first-order chi connectivity index (χ1) is 12.8. The third kappa shape index (κ3) is 4.61. The molecule has 0 aliphatic carbocycles. The van der Waals surface area contributed by atoms with E-state index in [1.807, 2.05) is 73.7 Å². The number of hydrogen-bond donors (Lipinski definition) is 0. The molecule has 3 aromatic rings. The molecule has 0 unspecified atom stereocenters. The topological polar surface area (TPSA) is 35.5 Å². The highest BCUT2D eigenvalue weighted by Gasteiger charge is 2.04. The third-order valence-corrected chi connectivity index (χ3v) is 3.80. The predicted octanol–water partition coefficient (Wildman–Crippen LogP) is 5.37. The highest BCUT2D eigenvalue weighted by atomic mass is 16.5. The van der Waals surface area contributed by atoms with Gasteiger partial charge in [0, 0.05) is 11.6 Å². The van der Waals surface area contributed by atoms with Gasteiger partial charge in [-0.25, -0.2) is 4.79 Å². The molecule has 0 amide bonds. The number of ether oxygens (including phenoxy) is 2. The molecule has 0 saturated carbocycles. The van der Waals surface area contributed by atoms with E-state index in [0.717, 1.165) is 22.4 Å². The highest BCUT2D eigenvalue weighted by molar-refractivity contribution is 5.89. The van der Waals surface area contributed by atoms with E-state index in [-0.39, 0.29) is 0 Å². The van der Waals surface area contributed by atoms with Crippen LogP contribution >= 0.6 is 0 Å². The fourth-order valence-electron chi connectivity index (χ4n) is 2.56. The van der Waals surface area contributed by atoms with Crippen molar-refractivity contribution in [2.24, 2.45) is 0 Å². The van der Waals surface area contributed by atoms with Crippen molar-refractivity contribution in [2.45, 2.75) is 6.92 Å². The molecule has 3 aromatic carbocycles. The summed E-state index contributed by atoms with van der Waals surface area (Å²) < 4.78 is 10.9. The van der Waals surface area contributed by atoms with Gasteiger partial charge in [-0.1, -0.05) is 60.7 Å². The van der Waals surface area contributed by atoms with Gasteiger partial charge in [0.05, 0.1) is 6.61 Å². The summed E-state index contributed by atoms with van der Waals surface area (Å²) in [4.78, 5) is 12.1. The Bertz CT molecular complexity index is 881. The summed E-state index contributed by atoms with van der Waals surface area (Å²) in [6.07, 6.45) is 3.11. The quantitative estimate of drug-likeness (QED) is 0.342. The van der Waals surface area contributed by atoms with Crippen LogP contribution < -0.4 is 9.47 Å². The molecule has 0 atom stereocenters. The molecule has 0 radical (unpaired) electrons. The van der Waals surface area contributed by atoms with Crippen molar-refractivity contribution in [3.8, 4) is 22.6 Å². The van der Waals surface area contributed by atoms with Crippen molar-refractivity contribution < 1.29 is 14.3 Å². The molecule has 0 heterocycles. The summed E-state index contributed by atoms with van der Waals surface area (Å²) in [6, 6.07) is 25.1. The first-order valence-corrected chi connectivity index (χ1v) is 8.53. The molecule has 0 aliphatic rings. The second-order valence-corrected chi connectivity index (χ2v) is 5.62. The van der Waals surface area contributed by atoms with E-state index in [4.69, 9.17) is 9.47 Å². The van der Waals surface area contributed by atoms with E-state index >= 15 is 0 Å². The normalized spacial score (nSPS) is 10.7. The zero-order valence-corrected chi connectivity index (χ0v) is 14.6. The zero-order valence-electron chi connectivity index (χ0n) is 14.6. The minimum Gasteiger partial charge on any atom is -0.493 e. The lowest BCUT2D eigenvalue weighted by atomic mass is 10.1. The molecule has 0 fully saturated rings. The largest absolute Gasteiger partial charge is 0.493 e. The fraction of sp³-hybridized carbons (Fsp3) is 0.0870. The van der Waals surface area contributed by atoms with Gasteiger partial charge in [0.15, 0.2) is 0 Å². The summed E-state index contributed by atoms with van der Waals surface area (Å²) in [5, 5.41) is 0. The molecule has 0 aliphatic heterocycles. The zero-order chi connectivity index (χ0) is 18.2. The van der Waals surface area contributed by atoms with Crippen LogP contribution in [0, 0.1) is 0 Å². The maximum Gasteiger partial charge on any atom is 0.336 e. The molecule has 0 N–H and O–H groups in total. The van der Waals surface area contributed by atoms with Crippen LogP contribution in [0.3, 0.4) is 0 Å². The smallest absolute Gasteiger partial charge is 0.336 e. The maximum atomic E-state index is 12.1. The highest BCUT2D eigenvalue weighted by Crippen LogP contribution is 2.23. The third-order valence-electron chi connectivity index (χ3n) is 3.80. The van der Waals surface area contributed by atoms with Crippen molar-refractivity contribution in [3.05, 3.63) is 90.5 Å². The van der Waals surface area contributed by atoms with Crippen molar-refractivity contribution in [1.29, 1.82) is 0 Å². The lowest BCUT2D eigenvalue weighted by Gasteiger charge is -2.06. The maximum absolute atomic E-state index is 12.1. The van der Waals surface area contributed by atoms with Crippen molar-refractivity contribution in [1.82, 2.24) is 0 Å². The van der Waals surface area contributed by atoms with Crippen LogP contribution in [0.4, 0.5) is 0 Å². The minimum atomic E-state index is -0.427. The molecule has 0 bridgehead atoms. The number of carbonyl (C=O) groups excluding carboxylic acids is 1. The average molecular weight is 344 g/mol. The SMILES string of the molecule is CCOc1ccccc1/C=C/C(=O)Oc1ccc(-c2ccccc2)cc1. The molecule has 0 saturated heterocycles. The number of hydrogen-bond acceptors (Lipinski definition) is 3. The minimum absolute atomic E-state index is 0.427. The Morgan fingerprint density at radius 2 is 1.50 bits per heavy atom. The summed E-state index contributed by atoms with van der Waals surface area (Å²) in [5.74, 6) is 0.826. The predicted molar refractivity (Wildman–Crippen MR) is 104 cm³/mol. The Morgan fingerprint density at radius 3 is 2.23 bits per heavy atom. The molecular formula is C23H20O3. The summed E-state index contributed by atoms with van der Waals surface area (Å²) in [5.41, 5.74) is 3.04. The van der Waals surface area contributed by atoms with Gasteiger partial charge in [0.2, 0.25) is 0 Å². The van der Waals surface area contributed by atoms with Crippen LogP contribution in [-0.4, -0.2) is 12.6 Å². The Labute approximate surface area is 153 Å². The number of benzene rings is 3. The van der Waals surface area contributed by atoms with Gasteiger partial charge in [-0.15, -0.1) is 0 Å². The van der Waals surface area contributed by atoms with E-state index in [1.54, 1.807) is 18.2 Å². The second kappa shape index (κ2) is 8.67. The summed E-state index contributed by atoms with van der Waals surface area (Å²) in [7, 11) is 0. The van der Waals surface area contributed by atoms with Crippen molar-refractivity contribution in [2.75, 3.05) is 6.61 Å². The standard InChI is InChI=1S/C23H20O3/c1-2-25-22-11-7-6-10-20(22)14-17-23(24)26-21-15-12-19(13-16-21)18-8-4-3-5-9-18/h3-17H,2H2,1H3/b17-14+. The molecule has 26 heavy (non-hydrogen) atoms. The molecule has 0 spiro atoms. The molecular weight excluding hydrogens is 324 g/mol. The molecule has 0 aromatic heterocycles. The van der Waals surface area contributed by atoms with E-state index in [1.165, 1.54) is 6.08 Å². The molecule has 3 rings (SSSR count). The second-order valence-electron chi connectivity index (χ2n) is 5.62. The molecule has 3 nitrogen and oxygen atoms in total. The first kappa shape index (κ1) is 17.5. The lowest BCUT2D eigenvalue weighted by molar-refractivity contribution is -0.128. The van der Waals surface area contributed by atoms with Crippen LogP contribution in [0.2, 0.25) is 0 Å². The van der Waals surface area contributed by atoms with Crippen molar-refractivity contribution >= 4 is 12.0 Å². The van der Waals surface area contributed by atoms with Crippen LogP contribution in [-0.2, 0) is 4.79 Å². The molecule has 130 valence electrons. The summed E-state index contributed by atoms with van der Waals surface area (Å²) in [6.45, 7) is 2.50. The van der Waals surface area contributed by atoms with Crippen molar-refractivity contribution in [3.63, 3.8) is 0 Å². The lowest BCUT2D eigenvalue weighted by Crippen LogP contribution is -2.03. The fourth-order valence-corrected chi connectivity index (χ4v) is 2.56. The number of rotatable bonds is 6. The van der Waals surface area contributed by atoms with E-state index in [9.17, 15) is 4.79 Å². The summed E-state index contributed by atoms with van der Waals surface area (Å²) >= 11 is 0. The number of carbonyl (C=O) groups is 1. The van der Waals surface area contributed by atoms with Gasteiger partial charge >= 0.3 is 5.97 Å². The van der Waals surface area contributed by atoms with Gasteiger partial charge < -0.3 is 9.47 Å². The number of para-hydroxylation sites is 1. The van der Waals surface area contributed by atoms with Gasteiger partial charge in [0.25, 0.3) is 0 Å². The average Bonchev–Trinajstić information content (AvgIpc) is 2.69. The van der Waals surface area contributed by atoms with Crippen LogP contribution in [0.5, 0.6) is 11.5 Å². The Morgan fingerprint density at radius 1 is 0.846 bits per heavy atom. The first-order valence-electron chi connectivity index (χ1n) is 8.53. The Kier molecular flexibility index (Phi) is 5.84. The van der Waals surface area contributed by atoms with Gasteiger partial charge in [-0.05, 0) is 42.3 Å². The van der Waals surface area contributed by atoms with E-state index in [0.29, 0.717) is 12.4 Å². The van der Waals surface area contributed by atoms with E-state index in [2.05, 4.69) is 0 Å². The Hall–Kier alpha value is -3.33. The van der Waals surface area contributed by atoms with Gasteiger partial charge in [-0.2, -0.15) is 0 Å². The van der Waals surface area contributed by atoms with Gasteiger partial charge in [-0.3, -0.25) is 0 Å².